The third-order valence-corrected chi connectivity index (χ3v) is 2.27. The molecule has 15 heavy (non-hydrogen) atoms. The fourth-order valence-corrected chi connectivity index (χ4v) is 1.61. The Morgan fingerprint density at radius 1 is 1.33 bits per heavy atom. The first-order chi connectivity index (χ1) is 7.08. The first-order valence-electron chi connectivity index (χ1n) is 4.25. The summed E-state index contributed by atoms with van der Waals surface area (Å²) in [6, 6.07) is 2.95. The van der Waals surface area contributed by atoms with Gasteiger partial charge in [-0.05, 0) is 12.1 Å². The van der Waals surface area contributed by atoms with Gasteiger partial charge in [0.25, 0.3) is 5.91 Å². The molecular weight excluding hydrogens is 218 g/mol. The van der Waals surface area contributed by atoms with Gasteiger partial charge in [-0.25, -0.2) is 0 Å². The zero-order chi connectivity index (χ0) is 11.0. The summed E-state index contributed by atoms with van der Waals surface area (Å²) in [4.78, 5) is 22.8. The van der Waals surface area contributed by atoms with E-state index in [0.29, 0.717) is 10.7 Å². The predicted octanol–water partition coefficient (Wildman–Crippen LogP) is 0.604. The number of hydrogen-bond donors (Lipinski definition) is 3. The number of carbonyl (C=O) groups is 2. The molecule has 0 aliphatic carbocycles. The van der Waals surface area contributed by atoms with Crippen LogP contribution in [0, 0.1) is 0 Å². The lowest BCUT2D eigenvalue weighted by molar-refractivity contribution is -0.115. The summed E-state index contributed by atoms with van der Waals surface area (Å²) in [5.41, 5.74) is 6.54. The van der Waals surface area contributed by atoms with Crippen molar-refractivity contribution in [1.29, 1.82) is 0 Å². The van der Waals surface area contributed by atoms with Crippen LogP contribution in [0.4, 0.5) is 11.4 Å². The Labute approximate surface area is 90.6 Å². The molecule has 5 nitrogen and oxygen atoms in total. The van der Waals surface area contributed by atoms with Gasteiger partial charge in [-0.2, -0.15) is 0 Å². The number of fused-ring (bicyclic) bond motifs is 1. The molecule has 0 unspecified atom stereocenters. The summed E-state index contributed by atoms with van der Waals surface area (Å²) in [5.74, 6) is -0.673. The lowest BCUT2D eigenvalue weighted by atomic mass is 10.1. The molecule has 6 heteroatoms. The number of rotatable bonds is 0. The Balaban J connectivity index is 2.61. The van der Waals surface area contributed by atoms with Crippen molar-refractivity contribution in [3.05, 3.63) is 22.7 Å². The molecule has 1 aliphatic rings. The van der Waals surface area contributed by atoms with Crippen molar-refractivity contribution in [1.82, 2.24) is 5.32 Å². The maximum Gasteiger partial charge on any atom is 0.253 e. The number of carbonyl (C=O) groups excluding carboxylic acids is 2. The van der Waals surface area contributed by atoms with E-state index in [9.17, 15) is 9.59 Å². The van der Waals surface area contributed by atoms with E-state index < -0.39 is 0 Å². The van der Waals surface area contributed by atoms with Crippen molar-refractivity contribution in [3.8, 4) is 0 Å². The fourth-order valence-electron chi connectivity index (χ4n) is 1.39. The Bertz CT molecular complexity index is 459. The van der Waals surface area contributed by atoms with Crippen LogP contribution < -0.4 is 16.4 Å². The van der Waals surface area contributed by atoms with Gasteiger partial charge in [0.05, 0.1) is 23.5 Å². The second-order valence-electron chi connectivity index (χ2n) is 3.15. The van der Waals surface area contributed by atoms with Gasteiger partial charge in [-0.1, -0.05) is 11.6 Å². The van der Waals surface area contributed by atoms with Crippen LogP contribution >= 0.6 is 11.6 Å². The molecule has 1 aliphatic heterocycles. The van der Waals surface area contributed by atoms with Gasteiger partial charge in [0, 0.05) is 5.02 Å². The largest absolute Gasteiger partial charge is 0.397 e. The van der Waals surface area contributed by atoms with Crippen LogP contribution in [0.3, 0.4) is 0 Å². The Kier molecular flexibility index (Phi) is 2.24. The van der Waals surface area contributed by atoms with E-state index in [1.165, 1.54) is 12.1 Å². The Hall–Kier alpha value is -1.75. The summed E-state index contributed by atoms with van der Waals surface area (Å²) < 4.78 is 0. The van der Waals surface area contributed by atoms with Gasteiger partial charge in [0.1, 0.15) is 0 Å². The highest BCUT2D eigenvalue weighted by Gasteiger charge is 2.21. The molecule has 1 heterocycles. The van der Waals surface area contributed by atoms with E-state index >= 15 is 0 Å². The lowest BCUT2D eigenvalue weighted by Gasteiger charge is -2.08. The molecule has 0 bridgehead atoms. The van der Waals surface area contributed by atoms with Crippen molar-refractivity contribution in [3.63, 3.8) is 0 Å². The highest BCUT2D eigenvalue weighted by Crippen LogP contribution is 2.28. The molecule has 0 radical (unpaired) electrons. The van der Waals surface area contributed by atoms with Crippen molar-refractivity contribution >= 4 is 34.8 Å². The van der Waals surface area contributed by atoms with Crippen LogP contribution in [0.5, 0.6) is 0 Å². The maximum atomic E-state index is 11.5. The average molecular weight is 226 g/mol. The van der Waals surface area contributed by atoms with Gasteiger partial charge in [0.15, 0.2) is 0 Å². The summed E-state index contributed by atoms with van der Waals surface area (Å²) >= 11 is 5.76. The number of nitrogens with two attached hydrogens (primary N) is 1. The van der Waals surface area contributed by atoms with E-state index in [-0.39, 0.29) is 29.6 Å². The molecule has 4 N–H and O–H groups in total. The number of benzene rings is 1. The Morgan fingerprint density at radius 3 is 2.80 bits per heavy atom. The van der Waals surface area contributed by atoms with Gasteiger partial charge >= 0.3 is 0 Å². The van der Waals surface area contributed by atoms with Crippen LogP contribution in [0.25, 0.3) is 0 Å². The number of hydrogen-bond acceptors (Lipinski definition) is 3. The summed E-state index contributed by atoms with van der Waals surface area (Å²) in [5, 5.41) is 5.34. The van der Waals surface area contributed by atoms with E-state index in [0.717, 1.165) is 0 Å². The standard InChI is InChI=1S/C9H8ClN3O2/c10-4-1-5-8(6(11)2-4)13-7(14)3-12-9(5)15/h1-2H,3,11H2,(H,12,15)(H,13,14). The highest BCUT2D eigenvalue weighted by molar-refractivity contribution is 6.31. The second kappa shape index (κ2) is 3.43. The monoisotopic (exact) mass is 225 g/mol. The summed E-state index contributed by atoms with van der Waals surface area (Å²) in [6.45, 7) is -0.0649. The highest BCUT2D eigenvalue weighted by atomic mass is 35.5. The minimum Gasteiger partial charge on any atom is -0.397 e. The van der Waals surface area contributed by atoms with Crippen molar-refractivity contribution in [2.24, 2.45) is 0 Å². The van der Waals surface area contributed by atoms with E-state index in [1.54, 1.807) is 0 Å². The predicted molar refractivity (Wildman–Crippen MR) is 56.8 cm³/mol. The minimum absolute atomic E-state index is 0.0649. The molecule has 0 saturated heterocycles. The topological polar surface area (TPSA) is 84.2 Å². The molecule has 0 aromatic heterocycles. The van der Waals surface area contributed by atoms with Crippen LogP contribution in [0.15, 0.2) is 12.1 Å². The molecular formula is C9H8ClN3O2. The third-order valence-electron chi connectivity index (χ3n) is 2.05. The molecule has 0 saturated carbocycles. The number of nitrogen functional groups attached to an aromatic ring is 1. The molecule has 1 aromatic carbocycles. The van der Waals surface area contributed by atoms with Gasteiger partial charge in [0.2, 0.25) is 5.91 Å². The molecule has 0 fully saturated rings. The van der Waals surface area contributed by atoms with E-state index in [4.69, 9.17) is 17.3 Å². The van der Waals surface area contributed by atoms with Crippen molar-refractivity contribution in [2.45, 2.75) is 0 Å². The van der Waals surface area contributed by atoms with Gasteiger partial charge < -0.3 is 16.4 Å². The lowest BCUT2D eigenvalue weighted by Crippen LogP contribution is -2.28. The molecule has 0 atom stereocenters. The molecule has 0 spiro atoms. The van der Waals surface area contributed by atoms with Crippen molar-refractivity contribution in [2.75, 3.05) is 17.6 Å². The second-order valence-corrected chi connectivity index (χ2v) is 3.58. The van der Waals surface area contributed by atoms with Crippen LogP contribution in [-0.2, 0) is 4.79 Å². The van der Waals surface area contributed by atoms with Crippen LogP contribution in [-0.4, -0.2) is 18.4 Å². The smallest absolute Gasteiger partial charge is 0.253 e. The third kappa shape index (κ3) is 1.73. The number of amides is 2. The maximum absolute atomic E-state index is 11.5. The first-order valence-corrected chi connectivity index (χ1v) is 4.63. The normalized spacial score (nSPS) is 15.0. The average Bonchev–Trinajstić information content (AvgIpc) is 2.30. The molecule has 2 amide bonds. The van der Waals surface area contributed by atoms with Gasteiger partial charge in [-0.15, -0.1) is 0 Å². The van der Waals surface area contributed by atoms with E-state index in [2.05, 4.69) is 10.6 Å². The zero-order valence-corrected chi connectivity index (χ0v) is 8.39. The molecule has 78 valence electrons. The first kappa shape index (κ1) is 9.79. The number of nitrogens with one attached hydrogen (secondary N) is 2. The zero-order valence-electron chi connectivity index (χ0n) is 7.63. The Morgan fingerprint density at radius 2 is 2.07 bits per heavy atom. The van der Waals surface area contributed by atoms with Crippen LogP contribution in [0.2, 0.25) is 5.02 Å². The molecule has 1 aromatic rings. The van der Waals surface area contributed by atoms with Crippen molar-refractivity contribution < 1.29 is 9.59 Å². The summed E-state index contributed by atoms with van der Waals surface area (Å²) in [7, 11) is 0. The minimum atomic E-state index is -0.363. The van der Waals surface area contributed by atoms with Gasteiger partial charge in [-0.3, -0.25) is 9.59 Å². The molecule has 2 rings (SSSR count). The number of halogens is 1. The fraction of sp³-hybridized carbons (Fsp3) is 0.111. The summed E-state index contributed by atoms with van der Waals surface area (Å²) in [6.07, 6.45) is 0. The quantitative estimate of drug-likeness (QED) is 0.566. The van der Waals surface area contributed by atoms with E-state index in [1.807, 2.05) is 0 Å². The van der Waals surface area contributed by atoms with Crippen LogP contribution in [0.1, 0.15) is 10.4 Å². The number of anilines is 2. The SMILES string of the molecule is Nc1cc(Cl)cc2c1NC(=O)CNC2=O.